The topological polar surface area (TPSA) is 126 Å². The maximum atomic E-state index is 13.8. The molecule has 3 aromatic rings. The molecule has 5 rings (SSSR count). The van der Waals surface area contributed by atoms with Crippen LogP contribution < -0.4 is 5.32 Å². The third kappa shape index (κ3) is 5.90. The van der Waals surface area contributed by atoms with Crippen molar-refractivity contribution in [1.29, 1.82) is 5.26 Å². The number of piperidine rings is 1. The summed E-state index contributed by atoms with van der Waals surface area (Å²) in [4.78, 5) is 8.17. The summed E-state index contributed by atoms with van der Waals surface area (Å²) in [6.45, 7) is 1.54. The SMILES string of the molecule is N#Cc1cccc(S(=O)(=O)N2CCC(Nc3ncc(C(F)(F)F)c(-c4cnn(C5CCOCC5)c4)n3)CC2)c1. The lowest BCUT2D eigenvalue weighted by atomic mass is 10.1. The number of sulfonamides is 1. The maximum absolute atomic E-state index is 13.8. The van der Waals surface area contributed by atoms with Gasteiger partial charge in [0.25, 0.3) is 0 Å². The molecular formula is C25H26F3N7O3S. The van der Waals surface area contributed by atoms with Gasteiger partial charge in [0.1, 0.15) is 5.56 Å². The Hall–Kier alpha value is -3.54. The molecule has 206 valence electrons. The number of anilines is 1. The van der Waals surface area contributed by atoms with E-state index in [9.17, 15) is 21.6 Å². The van der Waals surface area contributed by atoms with Crippen molar-refractivity contribution in [3.05, 3.63) is 54.0 Å². The average molecular weight is 562 g/mol. The number of nitriles is 1. The highest BCUT2D eigenvalue weighted by atomic mass is 32.2. The molecule has 0 radical (unpaired) electrons. The Morgan fingerprint density at radius 1 is 1.10 bits per heavy atom. The van der Waals surface area contributed by atoms with Crippen molar-refractivity contribution < 1.29 is 26.3 Å². The molecule has 0 amide bonds. The molecule has 10 nitrogen and oxygen atoms in total. The second-order valence-corrected chi connectivity index (χ2v) is 11.4. The lowest BCUT2D eigenvalue weighted by Crippen LogP contribution is -2.42. The van der Waals surface area contributed by atoms with Crippen LogP contribution in [0.1, 0.15) is 42.9 Å². The molecule has 1 aromatic carbocycles. The van der Waals surface area contributed by atoms with Gasteiger partial charge in [-0.05, 0) is 43.9 Å². The predicted molar refractivity (Wildman–Crippen MR) is 134 cm³/mol. The summed E-state index contributed by atoms with van der Waals surface area (Å²) in [6.07, 6.45) is 1.31. The summed E-state index contributed by atoms with van der Waals surface area (Å²) in [5, 5.41) is 16.4. The zero-order valence-corrected chi connectivity index (χ0v) is 21.6. The second kappa shape index (κ2) is 10.9. The molecule has 2 aliphatic rings. The summed E-state index contributed by atoms with van der Waals surface area (Å²) in [5.41, 5.74) is -0.739. The van der Waals surface area contributed by atoms with Crippen molar-refractivity contribution in [3.63, 3.8) is 0 Å². The number of halogens is 3. The standard InChI is InChI=1S/C25H26F3N7O3S/c26-25(27,28)22-15-30-24(33-23(22)18-14-31-35(16-18)20-6-10-38-11-7-20)32-19-4-8-34(9-5-19)39(36,37)21-3-1-2-17(12-21)13-29/h1-3,12,14-16,19-20H,4-11H2,(H,30,32,33). The molecule has 2 fully saturated rings. The Labute approximate surface area is 223 Å². The summed E-state index contributed by atoms with van der Waals surface area (Å²) < 4.78 is 75.8. The summed E-state index contributed by atoms with van der Waals surface area (Å²) in [5.74, 6) is 0.0276. The number of nitrogens with one attached hydrogen (secondary N) is 1. The van der Waals surface area contributed by atoms with Crippen LogP contribution >= 0.6 is 0 Å². The number of ether oxygens (including phenoxy) is 1. The first-order valence-corrected chi connectivity index (χ1v) is 13.9. The van der Waals surface area contributed by atoms with Gasteiger partial charge in [-0.3, -0.25) is 4.68 Å². The van der Waals surface area contributed by atoms with E-state index >= 15 is 0 Å². The molecule has 0 atom stereocenters. The van der Waals surface area contributed by atoms with Crippen LogP contribution in [0.25, 0.3) is 11.3 Å². The Kier molecular flexibility index (Phi) is 7.57. The van der Waals surface area contributed by atoms with Gasteiger partial charge >= 0.3 is 6.18 Å². The fourth-order valence-corrected chi connectivity index (χ4v) is 6.30. The van der Waals surface area contributed by atoms with Crippen molar-refractivity contribution >= 4 is 16.0 Å². The first kappa shape index (κ1) is 27.0. The quantitative estimate of drug-likeness (QED) is 0.481. The van der Waals surface area contributed by atoms with Crippen molar-refractivity contribution in [2.24, 2.45) is 0 Å². The molecule has 0 bridgehead atoms. The van der Waals surface area contributed by atoms with Gasteiger partial charge in [0.05, 0.1) is 34.5 Å². The largest absolute Gasteiger partial charge is 0.419 e. The minimum Gasteiger partial charge on any atom is -0.381 e. The smallest absolute Gasteiger partial charge is 0.381 e. The molecule has 2 aliphatic heterocycles. The predicted octanol–water partition coefficient (Wildman–Crippen LogP) is 3.85. The minimum absolute atomic E-state index is 0.0276. The van der Waals surface area contributed by atoms with Gasteiger partial charge < -0.3 is 10.1 Å². The van der Waals surface area contributed by atoms with E-state index in [0.29, 0.717) is 26.1 Å². The van der Waals surface area contributed by atoms with Crippen LogP contribution in [0, 0.1) is 11.3 Å². The summed E-state index contributed by atoms with van der Waals surface area (Å²) >= 11 is 0. The molecule has 0 spiro atoms. The zero-order chi connectivity index (χ0) is 27.6. The number of hydrogen-bond donors (Lipinski definition) is 1. The Morgan fingerprint density at radius 2 is 1.85 bits per heavy atom. The number of benzene rings is 1. The highest BCUT2D eigenvalue weighted by Gasteiger charge is 2.36. The lowest BCUT2D eigenvalue weighted by Gasteiger charge is -2.31. The van der Waals surface area contributed by atoms with Crippen LogP contribution in [0.2, 0.25) is 0 Å². The molecule has 0 saturated carbocycles. The van der Waals surface area contributed by atoms with Crippen molar-refractivity contribution in [3.8, 4) is 17.3 Å². The monoisotopic (exact) mass is 561 g/mol. The van der Waals surface area contributed by atoms with Gasteiger partial charge in [0, 0.05) is 50.3 Å². The first-order chi connectivity index (χ1) is 18.6. The first-order valence-electron chi connectivity index (χ1n) is 12.5. The van der Waals surface area contributed by atoms with E-state index in [1.807, 2.05) is 6.07 Å². The lowest BCUT2D eigenvalue weighted by molar-refractivity contribution is -0.137. The van der Waals surface area contributed by atoms with Crippen LogP contribution in [0.15, 0.2) is 47.8 Å². The van der Waals surface area contributed by atoms with E-state index in [-0.39, 0.29) is 52.8 Å². The summed E-state index contributed by atoms with van der Waals surface area (Å²) in [6, 6.07) is 7.58. The number of hydrogen-bond acceptors (Lipinski definition) is 8. The zero-order valence-electron chi connectivity index (χ0n) is 20.8. The van der Waals surface area contributed by atoms with E-state index in [2.05, 4.69) is 20.4 Å². The highest BCUT2D eigenvalue weighted by Crippen LogP contribution is 2.36. The normalized spacial score (nSPS) is 18.1. The van der Waals surface area contributed by atoms with Crippen molar-refractivity contribution in [2.45, 2.75) is 48.8 Å². The molecule has 0 aliphatic carbocycles. The molecule has 1 N–H and O–H groups in total. The Balaban J connectivity index is 1.31. The van der Waals surface area contributed by atoms with Gasteiger partial charge in [-0.25, -0.2) is 18.4 Å². The Bertz CT molecular complexity index is 1470. The maximum Gasteiger partial charge on any atom is 0.419 e. The van der Waals surface area contributed by atoms with E-state index in [0.717, 1.165) is 19.0 Å². The van der Waals surface area contributed by atoms with Crippen molar-refractivity contribution in [1.82, 2.24) is 24.1 Å². The van der Waals surface area contributed by atoms with E-state index in [4.69, 9.17) is 10.00 Å². The molecule has 2 saturated heterocycles. The number of nitrogens with zero attached hydrogens (tertiary/aromatic N) is 6. The fraction of sp³-hybridized carbons (Fsp3) is 0.440. The van der Waals surface area contributed by atoms with Crippen LogP contribution in [0.5, 0.6) is 0 Å². The minimum atomic E-state index is -4.66. The number of alkyl halides is 3. The second-order valence-electron chi connectivity index (χ2n) is 9.47. The van der Waals surface area contributed by atoms with Gasteiger partial charge in [0.15, 0.2) is 0 Å². The fourth-order valence-electron chi connectivity index (χ4n) is 4.79. The molecular weight excluding hydrogens is 535 g/mol. The molecule has 39 heavy (non-hydrogen) atoms. The number of rotatable bonds is 6. The van der Waals surface area contributed by atoms with Crippen LogP contribution in [-0.2, 0) is 20.9 Å². The number of aromatic nitrogens is 4. The third-order valence-electron chi connectivity index (χ3n) is 6.92. The molecule has 14 heteroatoms. The van der Waals surface area contributed by atoms with E-state index < -0.39 is 21.8 Å². The van der Waals surface area contributed by atoms with E-state index in [1.165, 1.54) is 34.8 Å². The average Bonchev–Trinajstić information content (AvgIpc) is 3.44. The Morgan fingerprint density at radius 3 is 2.54 bits per heavy atom. The van der Waals surface area contributed by atoms with Gasteiger partial charge in [-0.15, -0.1) is 0 Å². The van der Waals surface area contributed by atoms with Gasteiger partial charge in [-0.2, -0.15) is 27.8 Å². The summed E-state index contributed by atoms with van der Waals surface area (Å²) in [7, 11) is -3.78. The highest BCUT2D eigenvalue weighted by molar-refractivity contribution is 7.89. The van der Waals surface area contributed by atoms with E-state index in [1.54, 1.807) is 10.9 Å². The van der Waals surface area contributed by atoms with Crippen LogP contribution in [0.4, 0.5) is 19.1 Å². The van der Waals surface area contributed by atoms with Gasteiger partial charge in [0.2, 0.25) is 16.0 Å². The van der Waals surface area contributed by atoms with Crippen LogP contribution in [0.3, 0.4) is 0 Å². The van der Waals surface area contributed by atoms with Crippen LogP contribution in [-0.4, -0.2) is 64.8 Å². The molecule has 4 heterocycles. The van der Waals surface area contributed by atoms with Crippen molar-refractivity contribution in [2.75, 3.05) is 31.6 Å². The molecule has 0 unspecified atom stereocenters. The van der Waals surface area contributed by atoms with Gasteiger partial charge in [-0.1, -0.05) is 6.07 Å². The third-order valence-corrected chi connectivity index (χ3v) is 8.82. The molecule has 2 aromatic heterocycles.